The zero-order valence-corrected chi connectivity index (χ0v) is 8.94. The second-order valence-electron chi connectivity index (χ2n) is 2.41. The summed E-state index contributed by atoms with van der Waals surface area (Å²) in [6.07, 6.45) is 0.140. The van der Waals surface area contributed by atoms with Crippen LogP contribution >= 0.6 is 12.2 Å². The Balaban J connectivity index is 4.05. The van der Waals surface area contributed by atoms with Gasteiger partial charge in [-0.2, -0.15) is 8.42 Å². The summed E-state index contributed by atoms with van der Waals surface area (Å²) in [5.41, 5.74) is 0. The number of hydrogen-bond acceptors (Lipinski definition) is 5. The molecule has 5 nitrogen and oxygen atoms in total. The van der Waals surface area contributed by atoms with Crippen LogP contribution in [0.15, 0.2) is 0 Å². The van der Waals surface area contributed by atoms with Gasteiger partial charge in [0.25, 0.3) is 10.1 Å². The largest absolute Gasteiger partial charge is 0.353 e. The predicted octanol–water partition coefficient (Wildman–Crippen LogP) is -0.533. The Hall–Kier alpha value is -0.530. The zero-order chi connectivity index (χ0) is 10.5. The first-order valence-electron chi connectivity index (χ1n) is 3.43. The molecule has 0 rings (SSSR count). The minimum absolute atomic E-state index is 0.0614. The van der Waals surface area contributed by atoms with Crippen molar-refractivity contribution in [3.63, 3.8) is 0 Å². The molecule has 0 radical (unpaired) electrons. The summed E-state index contributed by atoms with van der Waals surface area (Å²) >= 11 is 4.53. The molecule has 0 heterocycles. The molecule has 0 aromatic carbocycles. The molecule has 0 spiro atoms. The lowest BCUT2D eigenvalue weighted by atomic mass is 10.4. The van der Waals surface area contributed by atoms with Gasteiger partial charge in [-0.3, -0.25) is 8.98 Å². The van der Waals surface area contributed by atoms with Gasteiger partial charge in [0.2, 0.25) is 5.91 Å². The van der Waals surface area contributed by atoms with E-state index in [2.05, 4.69) is 21.7 Å². The summed E-state index contributed by atoms with van der Waals surface area (Å²) < 4.78 is 25.8. The monoisotopic (exact) mass is 225 g/mol. The summed E-state index contributed by atoms with van der Waals surface area (Å²) in [4.78, 5) is 10.5. The van der Waals surface area contributed by atoms with E-state index in [1.54, 1.807) is 0 Å². The molecule has 0 fully saturated rings. The van der Waals surface area contributed by atoms with Gasteiger partial charge >= 0.3 is 0 Å². The normalized spacial score (nSPS) is 13.4. The van der Waals surface area contributed by atoms with Crippen molar-refractivity contribution in [2.45, 2.75) is 13.0 Å². The first-order chi connectivity index (χ1) is 5.85. The average Bonchev–Trinajstić information content (AvgIpc) is 1.95. The highest BCUT2D eigenvalue weighted by molar-refractivity contribution is 7.86. The van der Waals surface area contributed by atoms with Crippen LogP contribution in [0.2, 0.25) is 0 Å². The number of carbonyl (C=O) groups is 1. The van der Waals surface area contributed by atoms with E-state index in [1.165, 1.54) is 6.92 Å². The van der Waals surface area contributed by atoms with Gasteiger partial charge in [0.05, 0.1) is 6.26 Å². The van der Waals surface area contributed by atoms with Crippen molar-refractivity contribution in [2.24, 2.45) is 0 Å². The molecule has 0 aliphatic heterocycles. The van der Waals surface area contributed by atoms with Gasteiger partial charge in [0, 0.05) is 18.8 Å². The first kappa shape index (κ1) is 12.5. The average molecular weight is 225 g/mol. The fourth-order valence-electron chi connectivity index (χ4n) is 0.574. The summed E-state index contributed by atoms with van der Waals surface area (Å²) in [6.45, 7) is 1.38. The Kier molecular flexibility index (Phi) is 5.04. The third-order valence-electron chi connectivity index (χ3n) is 1.00. The summed E-state index contributed by atoms with van der Waals surface area (Å²) in [6, 6.07) is 0. The SMILES string of the molecule is CC(=O)NCC(C=S)OS(C)(=O)=O. The van der Waals surface area contributed by atoms with Gasteiger partial charge in [0.15, 0.2) is 0 Å². The fourth-order valence-corrected chi connectivity index (χ4v) is 1.37. The quantitative estimate of drug-likeness (QED) is 0.503. The van der Waals surface area contributed by atoms with Crippen LogP contribution in [0.4, 0.5) is 0 Å². The lowest BCUT2D eigenvalue weighted by molar-refractivity contribution is -0.119. The molecule has 0 aromatic rings. The molecule has 0 aromatic heterocycles. The van der Waals surface area contributed by atoms with Crippen molar-refractivity contribution < 1.29 is 17.4 Å². The van der Waals surface area contributed by atoms with Crippen molar-refractivity contribution in [1.82, 2.24) is 5.32 Å². The van der Waals surface area contributed by atoms with E-state index in [9.17, 15) is 13.2 Å². The second-order valence-corrected chi connectivity index (χ2v) is 4.28. The standard InChI is InChI=1S/C6H11NO4S2/c1-5(8)7-3-6(4-12)11-13(2,9)10/h4,6H,3H2,1-2H3,(H,7,8). The fraction of sp³-hybridized carbons (Fsp3) is 0.667. The van der Waals surface area contributed by atoms with Crippen molar-refractivity contribution >= 4 is 33.6 Å². The van der Waals surface area contributed by atoms with Gasteiger partial charge in [-0.05, 0) is 0 Å². The summed E-state index contributed by atoms with van der Waals surface area (Å²) in [5, 5.41) is 3.54. The molecule has 0 aliphatic carbocycles. The molecular formula is C6H11NO4S2. The van der Waals surface area contributed by atoms with Gasteiger partial charge in [0.1, 0.15) is 6.10 Å². The lowest BCUT2D eigenvalue weighted by Crippen LogP contribution is -2.34. The highest BCUT2D eigenvalue weighted by Gasteiger charge is 2.12. The summed E-state index contributed by atoms with van der Waals surface area (Å²) in [7, 11) is -3.53. The number of carbonyl (C=O) groups excluding carboxylic acids is 1. The number of hydrogen-bond donors (Lipinski definition) is 1. The van der Waals surface area contributed by atoms with Crippen LogP contribution in [0.3, 0.4) is 0 Å². The second kappa shape index (κ2) is 5.25. The third-order valence-corrected chi connectivity index (χ3v) is 1.90. The van der Waals surface area contributed by atoms with Gasteiger partial charge in [-0.15, -0.1) is 0 Å². The molecular weight excluding hydrogens is 214 g/mol. The lowest BCUT2D eigenvalue weighted by Gasteiger charge is -2.10. The van der Waals surface area contributed by atoms with Crippen LogP contribution in [0.1, 0.15) is 6.92 Å². The van der Waals surface area contributed by atoms with Crippen LogP contribution in [0, 0.1) is 0 Å². The van der Waals surface area contributed by atoms with Crippen LogP contribution in [-0.2, 0) is 19.1 Å². The molecule has 7 heteroatoms. The van der Waals surface area contributed by atoms with Crippen LogP contribution < -0.4 is 5.32 Å². The van der Waals surface area contributed by atoms with Crippen molar-refractivity contribution in [1.29, 1.82) is 0 Å². The van der Waals surface area contributed by atoms with Crippen LogP contribution in [0.25, 0.3) is 0 Å². The van der Waals surface area contributed by atoms with Crippen molar-refractivity contribution in [3.8, 4) is 0 Å². The van der Waals surface area contributed by atoms with Crippen LogP contribution in [0.5, 0.6) is 0 Å². The Labute approximate surface area is 82.6 Å². The number of amides is 1. The van der Waals surface area contributed by atoms with E-state index in [0.29, 0.717) is 0 Å². The molecule has 13 heavy (non-hydrogen) atoms. The van der Waals surface area contributed by atoms with Crippen molar-refractivity contribution in [2.75, 3.05) is 12.8 Å². The minimum atomic E-state index is -3.53. The Morgan fingerprint density at radius 1 is 1.69 bits per heavy atom. The Morgan fingerprint density at radius 2 is 2.23 bits per heavy atom. The van der Waals surface area contributed by atoms with Crippen LogP contribution in [-0.4, -0.2) is 38.6 Å². The van der Waals surface area contributed by atoms with E-state index in [4.69, 9.17) is 0 Å². The summed E-state index contributed by atoms with van der Waals surface area (Å²) in [5.74, 6) is -0.265. The maximum absolute atomic E-state index is 10.6. The van der Waals surface area contributed by atoms with Crippen molar-refractivity contribution in [3.05, 3.63) is 0 Å². The van der Waals surface area contributed by atoms with E-state index >= 15 is 0 Å². The van der Waals surface area contributed by atoms with E-state index in [0.717, 1.165) is 11.6 Å². The first-order valence-corrected chi connectivity index (χ1v) is 5.72. The highest BCUT2D eigenvalue weighted by Crippen LogP contribution is 1.94. The molecule has 0 saturated carbocycles. The molecule has 0 saturated heterocycles. The van der Waals surface area contributed by atoms with Gasteiger partial charge in [-0.25, -0.2) is 0 Å². The number of thiocarbonyl (C=S) groups is 1. The molecule has 1 atom stereocenters. The number of rotatable bonds is 5. The van der Waals surface area contributed by atoms with E-state index in [1.807, 2.05) is 0 Å². The van der Waals surface area contributed by atoms with E-state index < -0.39 is 16.2 Å². The smallest absolute Gasteiger partial charge is 0.265 e. The number of nitrogens with one attached hydrogen (secondary N) is 1. The minimum Gasteiger partial charge on any atom is -0.353 e. The van der Waals surface area contributed by atoms with E-state index in [-0.39, 0.29) is 12.5 Å². The maximum atomic E-state index is 10.6. The molecule has 0 bridgehead atoms. The molecule has 0 aliphatic rings. The zero-order valence-electron chi connectivity index (χ0n) is 7.31. The van der Waals surface area contributed by atoms with Gasteiger partial charge < -0.3 is 5.32 Å². The topological polar surface area (TPSA) is 72.5 Å². The maximum Gasteiger partial charge on any atom is 0.265 e. The highest BCUT2D eigenvalue weighted by atomic mass is 32.2. The molecule has 76 valence electrons. The Morgan fingerprint density at radius 3 is 2.54 bits per heavy atom. The Bertz CT molecular complexity index is 285. The third kappa shape index (κ3) is 7.82. The molecule has 1 N–H and O–H groups in total. The molecule has 1 amide bonds. The van der Waals surface area contributed by atoms with Gasteiger partial charge in [-0.1, -0.05) is 12.2 Å². The predicted molar refractivity (Wildman–Crippen MR) is 52.1 cm³/mol. The molecule has 1 unspecified atom stereocenters.